The SMILES string of the molecule is C#CCSCCNC(=O)c1n[nH]c2ccc(N)cc12. The van der Waals surface area contributed by atoms with Crippen molar-refractivity contribution in [1.82, 2.24) is 15.5 Å². The Morgan fingerprint density at radius 3 is 3.21 bits per heavy atom. The van der Waals surface area contributed by atoms with Crippen LogP contribution in [0.1, 0.15) is 10.5 Å². The molecule has 0 bridgehead atoms. The lowest BCUT2D eigenvalue weighted by molar-refractivity contribution is 0.0953. The number of anilines is 1. The third kappa shape index (κ3) is 3.20. The smallest absolute Gasteiger partial charge is 0.272 e. The van der Waals surface area contributed by atoms with Gasteiger partial charge in [-0.1, -0.05) is 5.92 Å². The first-order valence-electron chi connectivity index (χ1n) is 5.75. The van der Waals surface area contributed by atoms with Crippen molar-refractivity contribution in [2.75, 3.05) is 23.8 Å². The van der Waals surface area contributed by atoms with Crippen molar-refractivity contribution in [2.45, 2.75) is 0 Å². The van der Waals surface area contributed by atoms with Crippen LogP contribution in [0.4, 0.5) is 5.69 Å². The van der Waals surface area contributed by atoms with Gasteiger partial charge in [0.25, 0.3) is 5.91 Å². The third-order valence-corrected chi connectivity index (χ3v) is 3.38. The van der Waals surface area contributed by atoms with Crippen molar-refractivity contribution in [3.63, 3.8) is 0 Å². The number of aromatic nitrogens is 2. The van der Waals surface area contributed by atoms with Crippen LogP contribution in [0.25, 0.3) is 10.9 Å². The van der Waals surface area contributed by atoms with Crippen LogP contribution >= 0.6 is 11.8 Å². The van der Waals surface area contributed by atoms with Crippen LogP contribution < -0.4 is 11.1 Å². The molecule has 2 aromatic rings. The van der Waals surface area contributed by atoms with Crippen LogP contribution in [0, 0.1) is 12.3 Å². The minimum atomic E-state index is -0.210. The van der Waals surface area contributed by atoms with E-state index in [1.807, 2.05) is 0 Å². The maximum Gasteiger partial charge on any atom is 0.272 e. The number of benzene rings is 1. The number of aromatic amines is 1. The number of hydrogen-bond donors (Lipinski definition) is 3. The normalized spacial score (nSPS) is 10.3. The lowest BCUT2D eigenvalue weighted by Gasteiger charge is -2.02. The summed E-state index contributed by atoms with van der Waals surface area (Å²) in [5, 5.41) is 10.4. The summed E-state index contributed by atoms with van der Waals surface area (Å²) in [5.41, 5.74) is 7.47. The first-order valence-corrected chi connectivity index (χ1v) is 6.91. The molecule has 0 aliphatic heterocycles. The number of fused-ring (bicyclic) bond motifs is 1. The van der Waals surface area contributed by atoms with E-state index in [1.165, 1.54) is 0 Å². The van der Waals surface area contributed by atoms with Gasteiger partial charge >= 0.3 is 0 Å². The molecule has 4 N–H and O–H groups in total. The molecule has 0 saturated heterocycles. The summed E-state index contributed by atoms with van der Waals surface area (Å²) in [7, 11) is 0. The number of carbonyl (C=O) groups excluding carboxylic acids is 1. The minimum absolute atomic E-state index is 0.210. The fourth-order valence-electron chi connectivity index (χ4n) is 1.66. The second-order valence-corrected chi connectivity index (χ2v) is 5.00. The maximum atomic E-state index is 12.0. The van der Waals surface area contributed by atoms with E-state index in [4.69, 9.17) is 12.2 Å². The summed E-state index contributed by atoms with van der Waals surface area (Å²) in [5.74, 6) is 3.75. The fourth-order valence-corrected chi connectivity index (χ4v) is 2.16. The average molecular weight is 274 g/mol. The summed E-state index contributed by atoms with van der Waals surface area (Å²) >= 11 is 1.60. The quantitative estimate of drug-likeness (QED) is 0.435. The van der Waals surface area contributed by atoms with E-state index in [0.717, 1.165) is 16.7 Å². The Kier molecular flexibility index (Phi) is 4.31. The molecule has 1 aromatic carbocycles. The summed E-state index contributed by atoms with van der Waals surface area (Å²) in [6.07, 6.45) is 5.14. The molecule has 98 valence electrons. The van der Waals surface area contributed by atoms with Gasteiger partial charge in [-0.05, 0) is 18.2 Å². The van der Waals surface area contributed by atoms with E-state index in [2.05, 4.69) is 21.4 Å². The van der Waals surface area contributed by atoms with E-state index in [-0.39, 0.29) is 5.91 Å². The maximum absolute atomic E-state index is 12.0. The van der Waals surface area contributed by atoms with Crippen LogP contribution in [-0.2, 0) is 0 Å². The Bertz CT molecular complexity index is 629. The molecule has 1 aromatic heterocycles. The Hall–Kier alpha value is -2.13. The predicted molar refractivity (Wildman–Crippen MR) is 79.0 cm³/mol. The van der Waals surface area contributed by atoms with Crippen molar-refractivity contribution in [1.29, 1.82) is 0 Å². The summed E-state index contributed by atoms with van der Waals surface area (Å²) < 4.78 is 0. The molecular weight excluding hydrogens is 260 g/mol. The number of nitrogen functional groups attached to an aromatic ring is 1. The third-order valence-electron chi connectivity index (χ3n) is 2.52. The van der Waals surface area contributed by atoms with Crippen molar-refractivity contribution in [3.8, 4) is 12.3 Å². The van der Waals surface area contributed by atoms with Gasteiger partial charge in [0, 0.05) is 23.4 Å². The topological polar surface area (TPSA) is 83.8 Å². The van der Waals surface area contributed by atoms with Gasteiger partial charge in [-0.2, -0.15) is 5.10 Å². The molecule has 6 heteroatoms. The number of nitrogens with one attached hydrogen (secondary N) is 2. The fraction of sp³-hybridized carbons (Fsp3) is 0.231. The average Bonchev–Trinajstić information content (AvgIpc) is 2.81. The highest BCUT2D eigenvalue weighted by atomic mass is 32.2. The molecular formula is C13H14N4OS. The number of terminal acetylenes is 1. The second-order valence-electron chi connectivity index (χ2n) is 3.89. The number of thioether (sulfide) groups is 1. The van der Waals surface area contributed by atoms with Crippen molar-refractivity contribution >= 4 is 34.3 Å². The van der Waals surface area contributed by atoms with Gasteiger partial charge in [0.05, 0.1) is 11.3 Å². The molecule has 0 aliphatic rings. The standard InChI is InChI=1S/C13H14N4OS/c1-2-6-19-7-5-15-13(18)12-10-8-9(14)3-4-11(10)16-17-12/h1,3-4,8H,5-7,14H2,(H,15,18)(H,16,17). The zero-order chi connectivity index (χ0) is 13.7. The lowest BCUT2D eigenvalue weighted by atomic mass is 10.2. The van der Waals surface area contributed by atoms with Gasteiger partial charge < -0.3 is 11.1 Å². The molecule has 0 spiro atoms. The van der Waals surface area contributed by atoms with Gasteiger partial charge in [0.1, 0.15) is 0 Å². The number of rotatable bonds is 5. The largest absolute Gasteiger partial charge is 0.399 e. The van der Waals surface area contributed by atoms with Gasteiger partial charge in [-0.15, -0.1) is 18.2 Å². The monoisotopic (exact) mass is 274 g/mol. The summed E-state index contributed by atoms with van der Waals surface area (Å²) in [6, 6.07) is 5.30. The van der Waals surface area contributed by atoms with Gasteiger partial charge in [-0.25, -0.2) is 0 Å². The summed E-state index contributed by atoms with van der Waals surface area (Å²) in [6.45, 7) is 0.557. The van der Waals surface area contributed by atoms with Crippen LogP contribution in [-0.4, -0.2) is 34.2 Å². The van der Waals surface area contributed by atoms with Crippen molar-refractivity contribution in [3.05, 3.63) is 23.9 Å². The highest BCUT2D eigenvalue weighted by Crippen LogP contribution is 2.18. The van der Waals surface area contributed by atoms with E-state index in [1.54, 1.807) is 30.0 Å². The molecule has 0 saturated carbocycles. The van der Waals surface area contributed by atoms with Crippen molar-refractivity contribution < 1.29 is 4.79 Å². The molecule has 19 heavy (non-hydrogen) atoms. The van der Waals surface area contributed by atoms with Crippen LogP contribution in [0.5, 0.6) is 0 Å². The number of amides is 1. The van der Waals surface area contributed by atoms with Crippen LogP contribution in [0.3, 0.4) is 0 Å². The molecule has 0 fully saturated rings. The Morgan fingerprint density at radius 2 is 2.42 bits per heavy atom. The molecule has 1 amide bonds. The first-order chi connectivity index (χ1) is 9.22. The number of H-pyrrole nitrogens is 1. The minimum Gasteiger partial charge on any atom is -0.399 e. The van der Waals surface area contributed by atoms with E-state index >= 15 is 0 Å². The number of hydrogen-bond acceptors (Lipinski definition) is 4. The number of nitrogens with zero attached hydrogens (tertiary/aromatic N) is 1. The zero-order valence-electron chi connectivity index (χ0n) is 10.3. The second kappa shape index (κ2) is 6.16. The predicted octanol–water partition coefficient (Wildman–Crippen LogP) is 1.24. The zero-order valence-corrected chi connectivity index (χ0v) is 11.1. The molecule has 0 aliphatic carbocycles. The molecule has 2 rings (SSSR count). The molecule has 0 radical (unpaired) electrons. The van der Waals surface area contributed by atoms with Gasteiger partial charge in [0.15, 0.2) is 5.69 Å². The Labute approximate surface area is 115 Å². The molecule has 1 heterocycles. The highest BCUT2D eigenvalue weighted by Gasteiger charge is 2.13. The number of carbonyl (C=O) groups is 1. The lowest BCUT2D eigenvalue weighted by Crippen LogP contribution is -2.26. The van der Waals surface area contributed by atoms with Crippen molar-refractivity contribution in [2.24, 2.45) is 0 Å². The summed E-state index contributed by atoms with van der Waals surface area (Å²) in [4.78, 5) is 12.0. The first kappa shape index (κ1) is 13.3. The van der Waals surface area contributed by atoms with Crippen LogP contribution in [0.15, 0.2) is 18.2 Å². The van der Waals surface area contributed by atoms with Gasteiger partial charge in [0.2, 0.25) is 0 Å². The molecule has 0 atom stereocenters. The van der Waals surface area contributed by atoms with Gasteiger partial charge in [-0.3, -0.25) is 9.89 Å². The Morgan fingerprint density at radius 1 is 1.58 bits per heavy atom. The number of nitrogens with two attached hydrogens (primary N) is 1. The van der Waals surface area contributed by atoms with Crippen LogP contribution in [0.2, 0.25) is 0 Å². The molecule has 0 unspecified atom stereocenters. The van der Waals surface area contributed by atoms with E-state index < -0.39 is 0 Å². The van der Waals surface area contributed by atoms with E-state index in [0.29, 0.717) is 23.7 Å². The Balaban J connectivity index is 2.01. The van der Waals surface area contributed by atoms with E-state index in [9.17, 15) is 4.79 Å². The molecule has 5 nitrogen and oxygen atoms in total. The highest BCUT2D eigenvalue weighted by molar-refractivity contribution is 7.99.